The lowest BCUT2D eigenvalue weighted by molar-refractivity contribution is -0.152. The summed E-state index contributed by atoms with van der Waals surface area (Å²) < 4.78 is 36.2. The molecule has 0 saturated carbocycles. The van der Waals surface area contributed by atoms with Crippen LogP contribution in [-0.2, 0) is 0 Å². The third kappa shape index (κ3) is 2.92. The van der Waals surface area contributed by atoms with E-state index in [-0.39, 0.29) is 10.9 Å². The number of nitriles is 1. The molecule has 0 aromatic carbocycles. The Morgan fingerprint density at radius 1 is 1.64 bits per heavy atom. The van der Waals surface area contributed by atoms with Gasteiger partial charge in [-0.25, -0.2) is 4.98 Å². The quantitative estimate of drug-likeness (QED) is 0.789. The van der Waals surface area contributed by atoms with E-state index in [0.717, 1.165) is 11.8 Å². The van der Waals surface area contributed by atoms with Crippen molar-refractivity contribution < 1.29 is 13.2 Å². The summed E-state index contributed by atoms with van der Waals surface area (Å²) in [6.45, 7) is 0. The molecular weight excluding hydrogens is 217 g/mol. The van der Waals surface area contributed by atoms with Crippen molar-refractivity contribution in [2.75, 3.05) is 5.75 Å². The maximum atomic E-state index is 12.1. The van der Waals surface area contributed by atoms with Crippen molar-refractivity contribution in [3.05, 3.63) is 6.33 Å². The number of nitrogens with zero attached hydrogens (tertiary/aromatic N) is 3. The van der Waals surface area contributed by atoms with Crippen molar-refractivity contribution in [2.45, 2.75) is 11.3 Å². The number of aromatic amines is 1. The van der Waals surface area contributed by atoms with Crippen molar-refractivity contribution in [1.29, 1.82) is 5.26 Å². The molecule has 76 valence electrons. The highest BCUT2D eigenvalue weighted by atomic mass is 32.2. The smallest absolute Gasteiger partial charge is 0.254 e. The first kappa shape index (κ1) is 10.8. The van der Waals surface area contributed by atoms with Crippen molar-refractivity contribution >= 4 is 11.8 Å². The van der Waals surface area contributed by atoms with Crippen LogP contribution in [0.5, 0.6) is 0 Å². The second-order valence-corrected chi connectivity index (χ2v) is 3.33. The fraction of sp³-hybridized carbons (Fsp3) is 0.500. The molecule has 0 spiro atoms. The van der Waals surface area contributed by atoms with Gasteiger partial charge in [-0.15, -0.1) is 0 Å². The number of rotatable bonds is 3. The van der Waals surface area contributed by atoms with Crippen LogP contribution in [0.4, 0.5) is 13.2 Å². The van der Waals surface area contributed by atoms with Crippen LogP contribution in [-0.4, -0.2) is 27.1 Å². The molecule has 0 aliphatic carbocycles. The molecule has 0 aliphatic rings. The van der Waals surface area contributed by atoms with Gasteiger partial charge in [-0.1, -0.05) is 11.8 Å². The Morgan fingerprint density at radius 2 is 2.36 bits per heavy atom. The van der Waals surface area contributed by atoms with E-state index in [2.05, 4.69) is 15.2 Å². The Kier molecular flexibility index (Phi) is 3.35. The number of thioether (sulfide) groups is 1. The van der Waals surface area contributed by atoms with E-state index >= 15 is 0 Å². The summed E-state index contributed by atoms with van der Waals surface area (Å²) in [6, 6.07) is 1.20. The average molecular weight is 222 g/mol. The first-order valence-corrected chi connectivity index (χ1v) is 4.47. The molecule has 1 N–H and O–H groups in total. The highest BCUT2D eigenvalue weighted by Gasteiger charge is 2.39. The molecule has 0 radical (unpaired) electrons. The summed E-state index contributed by atoms with van der Waals surface area (Å²) in [5.74, 6) is -2.35. The minimum Gasteiger partial charge on any atom is -0.254 e. The van der Waals surface area contributed by atoms with Crippen LogP contribution in [0.3, 0.4) is 0 Å². The molecule has 4 nitrogen and oxygen atoms in total. The second kappa shape index (κ2) is 4.32. The van der Waals surface area contributed by atoms with Gasteiger partial charge in [0.2, 0.25) is 0 Å². The van der Waals surface area contributed by atoms with Crippen molar-refractivity contribution in [3.8, 4) is 6.07 Å². The SMILES string of the molecule is N#CC(CSc1ncn[nH]1)C(F)(F)F. The summed E-state index contributed by atoms with van der Waals surface area (Å²) in [4.78, 5) is 3.62. The minimum atomic E-state index is -4.48. The molecule has 0 amide bonds. The van der Waals surface area contributed by atoms with Gasteiger partial charge in [-0.3, -0.25) is 5.10 Å². The average Bonchev–Trinajstić information content (AvgIpc) is 2.55. The fourth-order valence-electron chi connectivity index (χ4n) is 0.631. The Labute approximate surface area is 81.5 Å². The van der Waals surface area contributed by atoms with Crippen LogP contribution in [0.1, 0.15) is 0 Å². The van der Waals surface area contributed by atoms with E-state index < -0.39 is 12.1 Å². The first-order chi connectivity index (χ1) is 6.54. The molecule has 1 aromatic heterocycles. The van der Waals surface area contributed by atoms with Crippen molar-refractivity contribution in [3.63, 3.8) is 0 Å². The molecule has 1 aromatic rings. The molecule has 0 aliphatic heterocycles. The number of aromatic nitrogens is 3. The largest absolute Gasteiger partial charge is 0.405 e. The summed E-state index contributed by atoms with van der Waals surface area (Å²) in [5.41, 5.74) is 0. The van der Waals surface area contributed by atoms with E-state index in [1.807, 2.05) is 0 Å². The lowest BCUT2D eigenvalue weighted by atomic mass is 10.2. The van der Waals surface area contributed by atoms with Crippen LogP contribution in [0, 0.1) is 17.2 Å². The van der Waals surface area contributed by atoms with E-state index in [1.165, 1.54) is 12.4 Å². The number of hydrogen-bond acceptors (Lipinski definition) is 4. The highest BCUT2D eigenvalue weighted by Crippen LogP contribution is 2.29. The number of nitrogens with one attached hydrogen (secondary N) is 1. The van der Waals surface area contributed by atoms with Gasteiger partial charge in [0.15, 0.2) is 11.1 Å². The highest BCUT2D eigenvalue weighted by molar-refractivity contribution is 7.99. The lowest BCUT2D eigenvalue weighted by Crippen LogP contribution is -2.23. The van der Waals surface area contributed by atoms with Gasteiger partial charge in [0.1, 0.15) is 6.33 Å². The second-order valence-electron chi connectivity index (χ2n) is 2.32. The van der Waals surface area contributed by atoms with E-state index in [9.17, 15) is 13.2 Å². The summed E-state index contributed by atoms with van der Waals surface area (Å²) in [7, 11) is 0. The normalized spacial score (nSPS) is 13.6. The van der Waals surface area contributed by atoms with Gasteiger partial charge in [0, 0.05) is 5.75 Å². The van der Waals surface area contributed by atoms with E-state index in [4.69, 9.17) is 5.26 Å². The molecule has 0 saturated heterocycles. The van der Waals surface area contributed by atoms with Crippen LogP contribution >= 0.6 is 11.8 Å². The zero-order chi connectivity index (χ0) is 10.6. The Bertz CT molecular complexity index is 315. The van der Waals surface area contributed by atoms with Crippen molar-refractivity contribution in [1.82, 2.24) is 15.2 Å². The number of halogens is 3. The standard InChI is InChI=1S/C6H5F3N4S/c7-6(8,9)4(1-10)2-14-5-11-3-12-13-5/h3-4H,2H2,(H,11,12,13). The maximum absolute atomic E-state index is 12.1. The molecule has 0 fully saturated rings. The number of H-pyrrole nitrogens is 1. The predicted octanol–water partition coefficient (Wildman–Crippen LogP) is 1.60. The lowest BCUT2D eigenvalue weighted by Gasteiger charge is -2.10. The molecular formula is C6H5F3N4S. The zero-order valence-electron chi connectivity index (χ0n) is 6.75. The van der Waals surface area contributed by atoms with Gasteiger partial charge in [0.25, 0.3) is 0 Å². The zero-order valence-corrected chi connectivity index (χ0v) is 7.56. The molecule has 0 bridgehead atoms. The molecule has 8 heteroatoms. The van der Waals surface area contributed by atoms with E-state index in [0.29, 0.717) is 0 Å². The maximum Gasteiger partial charge on any atom is 0.405 e. The molecule has 1 unspecified atom stereocenters. The van der Waals surface area contributed by atoms with Crippen molar-refractivity contribution in [2.24, 2.45) is 5.92 Å². The monoisotopic (exact) mass is 222 g/mol. The summed E-state index contributed by atoms with van der Waals surface area (Å²) in [5, 5.41) is 14.4. The van der Waals surface area contributed by atoms with E-state index in [1.54, 1.807) is 0 Å². The predicted molar refractivity (Wildman–Crippen MR) is 42.3 cm³/mol. The third-order valence-electron chi connectivity index (χ3n) is 1.33. The molecule has 14 heavy (non-hydrogen) atoms. The van der Waals surface area contributed by atoms with Gasteiger partial charge < -0.3 is 0 Å². The fourth-order valence-corrected chi connectivity index (χ4v) is 1.46. The number of alkyl halides is 3. The number of hydrogen-bond donors (Lipinski definition) is 1. The van der Waals surface area contributed by atoms with Crippen LogP contribution in [0.15, 0.2) is 11.5 Å². The molecule has 1 heterocycles. The summed E-state index contributed by atoms with van der Waals surface area (Å²) in [6.07, 6.45) is -3.29. The van der Waals surface area contributed by atoms with Gasteiger partial charge in [-0.05, 0) is 0 Å². The van der Waals surface area contributed by atoms with Crippen LogP contribution < -0.4 is 0 Å². The topological polar surface area (TPSA) is 65.4 Å². The third-order valence-corrected chi connectivity index (χ3v) is 2.30. The Balaban J connectivity index is 2.48. The van der Waals surface area contributed by atoms with Crippen LogP contribution in [0.25, 0.3) is 0 Å². The Hall–Kier alpha value is -1.23. The first-order valence-electron chi connectivity index (χ1n) is 3.48. The van der Waals surface area contributed by atoms with Gasteiger partial charge in [0.05, 0.1) is 6.07 Å². The minimum absolute atomic E-state index is 0.273. The summed E-state index contributed by atoms with van der Waals surface area (Å²) >= 11 is 0.815. The van der Waals surface area contributed by atoms with Crippen LogP contribution in [0.2, 0.25) is 0 Å². The van der Waals surface area contributed by atoms with Gasteiger partial charge >= 0.3 is 6.18 Å². The molecule has 1 rings (SSSR count). The molecule has 1 atom stereocenters. The van der Waals surface area contributed by atoms with Gasteiger partial charge in [-0.2, -0.15) is 23.5 Å². The Morgan fingerprint density at radius 3 is 2.79 bits per heavy atom.